The molecule has 0 fully saturated rings. The molecule has 1 rings (SSSR count). The first-order chi connectivity index (χ1) is 7.17. The van der Waals surface area contributed by atoms with E-state index in [9.17, 15) is 0 Å². The van der Waals surface area contributed by atoms with E-state index in [0.29, 0.717) is 17.3 Å². The molecule has 0 amide bonds. The molecular formula is C11H15N3O. The maximum absolute atomic E-state index is 9.13. The summed E-state index contributed by atoms with van der Waals surface area (Å²) in [7, 11) is 0. The number of rotatable bonds is 4. The van der Waals surface area contributed by atoms with Gasteiger partial charge in [-0.25, -0.2) is 4.98 Å². The van der Waals surface area contributed by atoms with Gasteiger partial charge < -0.3 is 10.4 Å². The number of aliphatic hydroxyl groups is 1. The van der Waals surface area contributed by atoms with Gasteiger partial charge in [-0.05, 0) is 18.1 Å². The fraction of sp³-hybridized carbons (Fsp3) is 0.455. The Morgan fingerprint density at radius 1 is 1.60 bits per heavy atom. The highest BCUT2D eigenvalue weighted by Gasteiger charge is 2.12. The highest BCUT2D eigenvalue weighted by molar-refractivity contribution is 5.43. The standard InChI is InChI=1S/C11H15N3O/c1-8(2)10(7-15)14-11-5-9(6-12)3-4-13-11/h3-5,8,10,15H,7H2,1-2H3,(H,13,14). The van der Waals surface area contributed by atoms with E-state index in [4.69, 9.17) is 10.4 Å². The van der Waals surface area contributed by atoms with Gasteiger partial charge in [0.25, 0.3) is 0 Å². The minimum atomic E-state index is -0.0357. The number of nitriles is 1. The van der Waals surface area contributed by atoms with Crippen LogP contribution in [-0.4, -0.2) is 22.7 Å². The topological polar surface area (TPSA) is 68.9 Å². The van der Waals surface area contributed by atoms with E-state index in [2.05, 4.69) is 10.3 Å². The summed E-state index contributed by atoms with van der Waals surface area (Å²) in [5.74, 6) is 0.935. The van der Waals surface area contributed by atoms with Crippen LogP contribution in [0.2, 0.25) is 0 Å². The van der Waals surface area contributed by atoms with E-state index in [0.717, 1.165) is 0 Å². The van der Waals surface area contributed by atoms with Gasteiger partial charge in [0.05, 0.1) is 24.3 Å². The maximum atomic E-state index is 9.13. The van der Waals surface area contributed by atoms with Crippen molar-refractivity contribution < 1.29 is 5.11 Å². The molecule has 0 aromatic carbocycles. The van der Waals surface area contributed by atoms with E-state index in [1.165, 1.54) is 0 Å². The molecule has 0 aliphatic rings. The van der Waals surface area contributed by atoms with Crippen LogP contribution < -0.4 is 5.32 Å². The molecule has 0 aliphatic carbocycles. The van der Waals surface area contributed by atoms with Gasteiger partial charge in [0, 0.05) is 6.20 Å². The second-order valence-corrected chi connectivity index (χ2v) is 3.72. The van der Waals surface area contributed by atoms with Gasteiger partial charge in [0.2, 0.25) is 0 Å². The molecule has 15 heavy (non-hydrogen) atoms. The summed E-state index contributed by atoms with van der Waals surface area (Å²) in [6.45, 7) is 4.08. The van der Waals surface area contributed by atoms with Crippen LogP contribution in [0.15, 0.2) is 18.3 Å². The number of aliphatic hydroxyl groups excluding tert-OH is 1. The molecule has 1 atom stereocenters. The van der Waals surface area contributed by atoms with E-state index in [1.54, 1.807) is 18.3 Å². The van der Waals surface area contributed by atoms with Crippen LogP contribution in [0.5, 0.6) is 0 Å². The smallest absolute Gasteiger partial charge is 0.127 e. The Balaban J connectivity index is 2.75. The Morgan fingerprint density at radius 2 is 2.33 bits per heavy atom. The second-order valence-electron chi connectivity index (χ2n) is 3.72. The first-order valence-electron chi connectivity index (χ1n) is 4.91. The number of pyridine rings is 1. The highest BCUT2D eigenvalue weighted by Crippen LogP contribution is 2.11. The predicted octanol–water partition coefficient (Wildman–Crippen LogP) is 1.38. The second kappa shape index (κ2) is 5.32. The molecule has 0 saturated carbocycles. The molecule has 0 spiro atoms. The molecule has 1 unspecified atom stereocenters. The molecule has 0 radical (unpaired) electrons. The lowest BCUT2D eigenvalue weighted by Crippen LogP contribution is -2.29. The van der Waals surface area contributed by atoms with Crippen molar-refractivity contribution in [2.75, 3.05) is 11.9 Å². The summed E-state index contributed by atoms with van der Waals surface area (Å²) < 4.78 is 0. The molecule has 2 N–H and O–H groups in total. The molecule has 1 aromatic heterocycles. The van der Waals surface area contributed by atoms with E-state index in [-0.39, 0.29) is 12.6 Å². The average Bonchev–Trinajstić information content (AvgIpc) is 2.25. The predicted molar refractivity (Wildman–Crippen MR) is 58.3 cm³/mol. The Labute approximate surface area is 89.6 Å². The van der Waals surface area contributed by atoms with Crippen molar-refractivity contribution in [1.82, 2.24) is 4.98 Å². The maximum Gasteiger partial charge on any atom is 0.127 e. The Bertz CT molecular complexity index is 357. The summed E-state index contributed by atoms with van der Waals surface area (Å²) >= 11 is 0. The molecule has 1 aromatic rings. The van der Waals surface area contributed by atoms with Crippen molar-refractivity contribution in [2.24, 2.45) is 5.92 Å². The van der Waals surface area contributed by atoms with Gasteiger partial charge in [-0.1, -0.05) is 13.8 Å². The van der Waals surface area contributed by atoms with Crippen LogP contribution in [0, 0.1) is 17.2 Å². The van der Waals surface area contributed by atoms with Crippen LogP contribution >= 0.6 is 0 Å². The minimum absolute atomic E-state index is 0.0357. The lowest BCUT2D eigenvalue weighted by atomic mass is 10.1. The number of hydrogen-bond acceptors (Lipinski definition) is 4. The van der Waals surface area contributed by atoms with E-state index < -0.39 is 0 Å². The first kappa shape index (κ1) is 11.5. The summed E-state index contributed by atoms with van der Waals surface area (Å²) in [5.41, 5.74) is 0.563. The van der Waals surface area contributed by atoms with Gasteiger partial charge in [-0.15, -0.1) is 0 Å². The number of nitrogens with one attached hydrogen (secondary N) is 1. The lowest BCUT2D eigenvalue weighted by Gasteiger charge is -2.20. The van der Waals surface area contributed by atoms with Crippen LogP contribution in [0.3, 0.4) is 0 Å². The number of aromatic nitrogens is 1. The normalized spacial score (nSPS) is 12.2. The van der Waals surface area contributed by atoms with Gasteiger partial charge in [0.1, 0.15) is 5.82 Å². The monoisotopic (exact) mass is 205 g/mol. The van der Waals surface area contributed by atoms with Gasteiger partial charge in [-0.2, -0.15) is 5.26 Å². The average molecular weight is 205 g/mol. The van der Waals surface area contributed by atoms with E-state index >= 15 is 0 Å². The third-order valence-corrected chi connectivity index (χ3v) is 2.22. The fourth-order valence-electron chi connectivity index (χ4n) is 1.19. The van der Waals surface area contributed by atoms with Crippen molar-refractivity contribution in [3.63, 3.8) is 0 Å². The molecule has 0 aliphatic heterocycles. The molecule has 1 heterocycles. The molecule has 4 heteroatoms. The fourth-order valence-corrected chi connectivity index (χ4v) is 1.19. The molecule has 4 nitrogen and oxygen atoms in total. The van der Waals surface area contributed by atoms with Gasteiger partial charge >= 0.3 is 0 Å². The Hall–Kier alpha value is -1.60. The summed E-state index contributed by atoms with van der Waals surface area (Å²) in [6, 6.07) is 5.33. The zero-order chi connectivity index (χ0) is 11.3. The lowest BCUT2D eigenvalue weighted by molar-refractivity contribution is 0.249. The quantitative estimate of drug-likeness (QED) is 0.779. The highest BCUT2D eigenvalue weighted by atomic mass is 16.3. The molecule has 0 bridgehead atoms. The van der Waals surface area contributed by atoms with Gasteiger partial charge in [-0.3, -0.25) is 0 Å². The third-order valence-electron chi connectivity index (χ3n) is 2.22. The molecule has 80 valence electrons. The third kappa shape index (κ3) is 3.22. The zero-order valence-electron chi connectivity index (χ0n) is 8.94. The van der Waals surface area contributed by atoms with E-state index in [1.807, 2.05) is 19.9 Å². The first-order valence-corrected chi connectivity index (χ1v) is 4.91. The number of hydrogen-bond donors (Lipinski definition) is 2. The Morgan fingerprint density at radius 3 is 2.87 bits per heavy atom. The van der Waals surface area contributed by atoms with Crippen LogP contribution in [-0.2, 0) is 0 Å². The van der Waals surface area contributed by atoms with Crippen LogP contribution in [0.1, 0.15) is 19.4 Å². The number of nitrogens with zero attached hydrogens (tertiary/aromatic N) is 2. The van der Waals surface area contributed by atoms with Crippen molar-refractivity contribution in [2.45, 2.75) is 19.9 Å². The largest absolute Gasteiger partial charge is 0.394 e. The zero-order valence-corrected chi connectivity index (χ0v) is 8.94. The van der Waals surface area contributed by atoms with Crippen LogP contribution in [0.25, 0.3) is 0 Å². The molecular weight excluding hydrogens is 190 g/mol. The van der Waals surface area contributed by atoms with Crippen molar-refractivity contribution in [1.29, 1.82) is 5.26 Å². The summed E-state index contributed by atoms with van der Waals surface area (Å²) in [4.78, 5) is 4.08. The van der Waals surface area contributed by atoms with Crippen LogP contribution in [0.4, 0.5) is 5.82 Å². The molecule has 0 saturated heterocycles. The SMILES string of the molecule is CC(C)C(CO)Nc1cc(C#N)ccn1. The van der Waals surface area contributed by atoms with Crippen molar-refractivity contribution in [3.05, 3.63) is 23.9 Å². The number of anilines is 1. The summed E-state index contributed by atoms with van der Waals surface area (Å²) in [6.07, 6.45) is 1.58. The van der Waals surface area contributed by atoms with Crippen molar-refractivity contribution in [3.8, 4) is 6.07 Å². The van der Waals surface area contributed by atoms with Gasteiger partial charge in [0.15, 0.2) is 0 Å². The van der Waals surface area contributed by atoms with Crippen molar-refractivity contribution >= 4 is 5.82 Å². The summed E-state index contributed by atoms with van der Waals surface area (Å²) in [5, 5.41) is 20.9. The Kier molecular flexibility index (Phi) is 4.07. The minimum Gasteiger partial charge on any atom is -0.394 e.